The summed E-state index contributed by atoms with van der Waals surface area (Å²) in [5.41, 5.74) is 0. The highest BCUT2D eigenvalue weighted by atomic mass is 16.7. The Bertz CT molecular complexity index is 551. The molecule has 1 aliphatic rings. The molecule has 1 fully saturated rings. The van der Waals surface area contributed by atoms with Crippen LogP contribution >= 0.6 is 0 Å². The Morgan fingerprint density at radius 3 is 1.96 bits per heavy atom. The summed E-state index contributed by atoms with van der Waals surface area (Å²) in [6, 6.07) is 0. The van der Waals surface area contributed by atoms with Crippen molar-refractivity contribution in [1.82, 2.24) is 5.06 Å². The smallest absolute Gasteiger partial charge is 0.331 e. The first-order valence-electron chi connectivity index (χ1n) is 7.22. The summed E-state index contributed by atoms with van der Waals surface area (Å²) in [4.78, 5) is 50.1. The number of rotatable bonds is 9. The van der Waals surface area contributed by atoms with Crippen LogP contribution in [0.4, 0.5) is 0 Å². The van der Waals surface area contributed by atoms with E-state index in [2.05, 4.69) is 9.47 Å². The highest BCUT2D eigenvalue weighted by Crippen LogP contribution is 2.07. The summed E-state index contributed by atoms with van der Waals surface area (Å²) < 4.78 is 18.7. The molecule has 0 aliphatic carbocycles. The zero-order valence-electron chi connectivity index (χ0n) is 13.8. The van der Waals surface area contributed by atoms with E-state index in [1.807, 2.05) is 0 Å². The number of carbonyl (C=O) groups is 4. The molecular weight excluding hydrogens is 338 g/mol. The van der Waals surface area contributed by atoms with Gasteiger partial charge >= 0.3 is 23.9 Å². The maximum atomic E-state index is 11.7. The van der Waals surface area contributed by atoms with Gasteiger partial charge in [-0.1, -0.05) is 0 Å². The lowest BCUT2D eigenvalue weighted by Crippen LogP contribution is -2.46. The third kappa shape index (κ3) is 8.63. The summed E-state index contributed by atoms with van der Waals surface area (Å²) >= 11 is 0. The molecule has 10 nitrogen and oxygen atoms in total. The third-order valence-electron chi connectivity index (χ3n) is 2.83. The van der Waals surface area contributed by atoms with Gasteiger partial charge in [0.1, 0.15) is 6.61 Å². The van der Waals surface area contributed by atoms with Crippen LogP contribution in [0.2, 0.25) is 0 Å². The lowest BCUT2D eigenvalue weighted by Gasteiger charge is -2.32. The summed E-state index contributed by atoms with van der Waals surface area (Å²) in [5.74, 6) is -3.03. The third-order valence-corrected chi connectivity index (χ3v) is 2.83. The minimum atomic E-state index is -0.828. The molecule has 0 radical (unpaired) electrons. The van der Waals surface area contributed by atoms with E-state index in [0.717, 1.165) is 24.3 Å². The SMILES string of the molecule is COC(=O)/C=C/C(=O)OCC(CN1CCO1)OC(=O)/C=C/C(=O)OC. The van der Waals surface area contributed by atoms with E-state index in [4.69, 9.17) is 14.3 Å². The van der Waals surface area contributed by atoms with E-state index in [9.17, 15) is 19.2 Å². The second-order valence-electron chi connectivity index (χ2n) is 4.62. The Morgan fingerprint density at radius 1 is 0.960 bits per heavy atom. The van der Waals surface area contributed by atoms with Crippen LogP contribution in [0.1, 0.15) is 0 Å². The van der Waals surface area contributed by atoms with Crippen molar-refractivity contribution < 1.29 is 43.0 Å². The molecule has 1 saturated heterocycles. The van der Waals surface area contributed by atoms with Crippen molar-refractivity contribution in [3.05, 3.63) is 24.3 Å². The van der Waals surface area contributed by atoms with Crippen molar-refractivity contribution in [2.75, 3.05) is 40.5 Å². The molecule has 0 aromatic heterocycles. The van der Waals surface area contributed by atoms with Gasteiger partial charge in [0.05, 0.1) is 27.4 Å². The number of ether oxygens (including phenoxy) is 4. The number of methoxy groups -OCH3 is 2. The highest BCUT2D eigenvalue weighted by Gasteiger charge is 2.24. The monoisotopic (exact) mass is 357 g/mol. The summed E-state index contributed by atoms with van der Waals surface area (Å²) in [6.07, 6.45) is 2.77. The molecule has 1 aliphatic heterocycles. The Balaban J connectivity index is 2.51. The predicted octanol–water partition coefficient (Wildman–Crippen LogP) is -0.853. The van der Waals surface area contributed by atoms with Crippen molar-refractivity contribution >= 4 is 23.9 Å². The van der Waals surface area contributed by atoms with E-state index in [1.54, 1.807) is 0 Å². The number of esters is 4. The first kappa shape index (κ1) is 20.3. The van der Waals surface area contributed by atoms with Crippen LogP contribution in [0.3, 0.4) is 0 Å². The van der Waals surface area contributed by atoms with Crippen LogP contribution < -0.4 is 0 Å². The van der Waals surface area contributed by atoms with E-state index in [0.29, 0.717) is 13.2 Å². The van der Waals surface area contributed by atoms with E-state index in [1.165, 1.54) is 19.3 Å². The van der Waals surface area contributed by atoms with Gasteiger partial charge in [0.25, 0.3) is 0 Å². The van der Waals surface area contributed by atoms with Crippen molar-refractivity contribution in [1.29, 1.82) is 0 Å². The van der Waals surface area contributed by atoms with Gasteiger partial charge in [-0.15, -0.1) is 0 Å². The van der Waals surface area contributed by atoms with Crippen LogP contribution in [-0.2, 0) is 43.0 Å². The average Bonchev–Trinajstić information content (AvgIpc) is 2.57. The van der Waals surface area contributed by atoms with Crippen LogP contribution in [0, 0.1) is 0 Å². The maximum Gasteiger partial charge on any atom is 0.331 e. The lowest BCUT2D eigenvalue weighted by atomic mass is 10.3. The standard InChI is InChI=1S/C15H19NO9/c1-21-12(17)3-5-14(19)23-10-11(9-16-7-8-24-16)25-15(20)6-4-13(18)22-2/h3-6,11H,7-10H2,1-2H3/b5-3+,6-4+. The van der Waals surface area contributed by atoms with Crippen LogP contribution in [-0.4, -0.2) is 75.6 Å². The van der Waals surface area contributed by atoms with E-state index in [-0.39, 0.29) is 13.2 Å². The first-order chi connectivity index (χ1) is 11.9. The van der Waals surface area contributed by atoms with Gasteiger partial charge in [-0.25, -0.2) is 19.2 Å². The minimum Gasteiger partial charge on any atom is -0.466 e. The largest absolute Gasteiger partial charge is 0.466 e. The van der Waals surface area contributed by atoms with Gasteiger partial charge in [0.2, 0.25) is 0 Å². The van der Waals surface area contributed by atoms with Crippen LogP contribution in [0.25, 0.3) is 0 Å². The Morgan fingerprint density at radius 2 is 1.48 bits per heavy atom. The van der Waals surface area contributed by atoms with Gasteiger partial charge in [0, 0.05) is 30.8 Å². The molecule has 1 rings (SSSR count). The van der Waals surface area contributed by atoms with Crippen molar-refractivity contribution in [2.45, 2.75) is 6.10 Å². The normalized spacial score (nSPS) is 15.4. The predicted molar refractivity (Wildman–Crippen MR) is 80.7 cm³/mol. The van der Waals surface area contributed by atoms with Gasteiger partial charge in [-0.05, 0) is 0 Å². The Kier molecular flexibility index (Phi) is 8.90. The fourth-order valence-corrected chi connectivity index (χ4v) is 1.55. The zero-order chi connectivity index (χ0) is 18.7. The molecule has 0 bridgehead atoms. The lowest BCUT2D eigenvalue weighted by molar-refractivity contribution is -0.258. The molecule has 0 saturated carbocycles. The second-order valence-corrected chi connectivity index (χ2v) is 4.62. The molecular formula is C15H19NO9. The molecule has 0 aromatic rings. The van der Waals surface area contributed by atoms with E-state index < -0.39 is 30.0 Å². The number of hydrogen-bond donors (Lipinski definition) is 0. The number of hydrogen-bond acceptors (Lipinski definition) is 10. The molecule has 1 unspecified atom stereocenters. The average molecular weight is 357 g/mol. The van der Waals surface area contributed by atoms with Gasteiger partial charge < -0.3 is 18.9 Å². The summed E-state index contributed by atoms with van der Waals surface area (Å²) in [5, 5.41) is 1.53. The highest BCUT2D eigenvalue weighted by molar-refractivity contribution is 5.92. The zero-order valence-corrected chi connectivity index (χ0v) is 13.8. The molecule has 0 amide bonds. The molecule has 0 N–H and O–H groups in total. The number of hydroxylamine groups is 2. The molecule has 1 atom stereocenters. The quantitative estimate of drug-likeness (QED) is 0.293. The molecule has 1 heterocycles. The first-order valence-corrected chi connectivity index (χ1v) is 7.22. The minimum absolute atomic E-state index is 0.172. The van der Waals surface area contributed by atoms with Crippen molar-refractivity contribution in [3.8, 4) is 0 Å². The second kappa shape index (κ2) is 10.9. The molecule has 10 heteroatoms. The van der Waals surface area contributed by atoms with E-state index >= 15 is 0 Å². The van der Waals surface area contributed by atoms with Gasteiger partial charge in [0.15, 0.2) is 6.10 Å². The Labute approximate surface area is 143 Å². The fourth-order valence-electron chi connectivity index (χ4n) is 1.55. The molecule has 0 spiro atoms. The maximum absolute atomic E-state index is 11.7. The number of nitrogens with zero attached hydrogens (tertiary/aromatic N) is 1. The van der Waals surface area contributed by atoms with Crippen molar-refractivity contribution in [2.24, 2.45) is 0 Å². The molecule has 0 aromatic carbocycles. The van der Waals surface area contributed by atoms with Gasteiger partial charge in [-0.3, -0.25) is 4.84 Å². The topological polar surface area (TPSA) is 118 Å². The van der Waals surface area contributed by atoms with Crippen LogP contribution in [0.5, 0.6) is 0 Å². The van der Waals surface area contributed by atoms with Crippen molar-refractivity contribution in [3.63, 3.8) is 0 Å². The number of carbonyl (C=O) groups excluding carboxylic acids is 4. The van der Waals surface area contributed by atoms with Crippen LogP contribution in [0.15, 0.2) is 24.3 Å². The molecule has 25 heavy (non-hydrogen) atoms. The Hall–Kier alpha value is -2.72. The van der Waals surface area contributed by atoms with Gasteiger partial charge in [-0.2, -0.15) is 5.06 Å². The summed E-state index contributed by atoms with van der Waals surface area (Å²) in [7, 11) is 2.34. The summed E-state index contributed by atoms with van der Waals surface area (Å²) in [6.45, 7) is 1.10. The fraction of sp³-hybridized carbons (Fsp3) is 0.467. The molecule has 138 valence electrons.